The molecule has 1 aliphatic carbocycles. The largest absolute Gasteiger partial charge is 0.354 e. The number of hydrogen-bond donors (Lipinski definition) is 0. The summed E-state index contributed by atoms with van der Waals surface area (Å²) in [5, 5.41) is 0. The van der Waals surface area contributed by atoms with Gasteiger partial charge in [-0.2, -0.15) is 0 Å². The quantitative estimate of drug-likeness (QED) is 0.581. The molecule has 0 saturated carbocycles. The maximum atomic E-state index is 7.00. The van der Waals surface area contributed by atoms with E-state index >= 15 is 0 Å². The van der Waals surface area contributed by atoms with Crippen molar-refractivity contribution >= 4 is 0 Å². The predicted molar refractivity (Wildman–Crippen MR) is 95.6 cm³/mol. The zero-order valence-corrected chi connectivity index (χ0v) is 15.2. The molecule has 0 spiro atoms. The molecule has 3 aliphatic rings. The molecule has 0 N–H and O–H groups in total. The van der Waals surface area contributed by atoms with Gasteiger partial charge in [-0.3, -0.25) is 0 Å². The molecule has 2 heterocycles. The highest BCUT2D eigenvalue weighted by Crippen LogP contribution is 2.68. The van der Waals surface area contributed by atoms with Crippen LogP contribution in [0.3, 0.4) is 0 Å². The van der Waals surface area contributed by atoms with Gasteiger partial charge in [0.05, 0.1) is 0 Å². The second-order valence-electron chi connectivity index (χ2n) is 9.46. The molecule has 23 heavy (non-hydrogen) atoms. The average molecular weight is 308 g/mol. The number of ether oxygens (including phenoxy) is 1. The summed E-state index contributed by atoms with van der Waals surface area (Å²) in [6, 6.07) is 8.93. The molecule has 3 atom stereocenters. The first kappa shape index (κ1) is 15.2. The van der Waals surface area contributed by atoms with Crippen LogP contribution in [-0.4, -0.2) is 11.2 Å². The van der Waals surface area contributed by atoms with E-state index in [1.165, 1.54) is 16.7 Å². The Balaban J connectivity index is 2.00. The number of hydrogen-bond acceptors (Lipinski definition) is 1. The first-order chi connectivity index (χ1) is 10.6. The van der Waals surface area contributed by atoms with Crippen LogP contribution in [0, 0.1) is 10.8 Å². The molecule has 0 unspecified atom stereocenters. The summed E-state index contributed by atoms with van der Waals surface area (Å²) in [6.45, 7) is 13.9. The summed E-state index contributed by atoms with van der Waals surface area (Å²) in [4.78, 5) is 0. The van der Waals surface area contributed by atoms with Crippen molar-refractivity contribution in [2.45, 2.75) is 65.1 Å². The van der Waals surface area contributed by atoms with Crippen LogP contribution in [0.4, 0.5) is 0 Å². The summed E-state index contributed by atoms with van der Waals surface area (Å²) in [5.74, 6) is 0.344. The molecule has 1 saturated heterocycles. The highest BCUT2D eigenvalue weighted by atomic mass is 16.5. The van der Waals surface area contributed by atoms with Crippen LogP contribution in [0.25, 0.3) is 0 Å². The number of rotatable bonds is 0. The molecule has 2 aliphatic heterocycles. The lowest BCUT2D eigenvalue weighted by atomic mass is 9.57. The van der Waals surface area contributed by atoms with Crippen LogP contribution < -0.4 is 0 Å². The van der Waals surface area contributed by atoms with Crippen molar-refractivity contribution in [2.75, 3.05) is 0 Å². The third-order valence-corrected chi connectivity index (χ3v) is 6.26. The van der Waals surface area contributed by atoms with Crippen molar-refractivity contribution in [1.82, 2.24) is 0 Å². The zero-order chi connectivity index (χ0) is 16.7. The molecule has 0 amide bonds. The molecule has 0 radical (unpaired) electrons. The van der Waals surface area contributed by atoms with Crippen molar-refractivity contribution in [1.29, 1.82) is 0 Å². The SMILES string of the molecule is CC(C)(C)[C@@]12C=C[C@@](C(C)(C)C)(O1)[C@H]1C2=CCc2ccccc21. The molecule has 1 aromatic carbocycles. The third-order valence-electron chi connectivity index (χ3n) is 6.26. The van der Waals surface area contributed by atoms with Gasteiger partial charge in [-0.25, -0.2) is 0 Å². The Morgan fingerprint density at radius 1 is 0.957 bits per heavy atom. The van der Waals surface area contributed by atoms with Gasteiger partial charge < -0.3 is 4.74 Å². The highest BCUT2D eigenvalue weighted by Gasteiger charge is 2.69. The van der Waals surface area contributed by atoms with E-state index in [4.69, 9.17) is 4.74 Å². The fraction of sp³-hybridized carbons (Fsp3) is 0.545. The summed E-state index contributed by atoms with van der Waals surface area (Å²) >= 11 is 0. The van der Waals surface area contributed by atoms with Gasteiger partial charge in [0.25, 0.3) is 0 Å². The molecular formula is C22H28O. The van der Waals surface area contributed by atoms with E-state index in [0.29, 0.717) is 5.92 Å². The van der Waals surface area contributed by atoms with E-state index in [1.807, 2.05) is 0 Å². The van der Waals surface area contributed by atoms with Gasteiger partial charge in [0, 0.05) is 5.92 Å². The Morgan fingerprint density at radius 3 is 2.30 bits per heavy atom. The number of allylic oxidation sites excluding steroid dienone is 1. The van der Waals surface area contributed by atoms with Gasteiger partial charge in [-0.1, -0.05) is 78.0 Å². The third kappa shape index (κ3) is 1.67. The second-order valence-corrected chi connectivity index (χ2v) is 9.46. The van der Waals surface area contributed by atoms with E-state index < -0.39 is 0 Å². The van der Waals surface area contributed by atoms with E-state index in [1.54, 1.807) is 0 Å². The topological polar surface area (TPSA) is 9.23 Å². The van der Waals surface area contributed by atoms with Crippen molar-refractivity contribution in [2.24, 2.45) is 10.8 Å². The van der Waals surface area contributed by atoms with E-state index in [9.17, 15) is 0 Å². The van der Waals surface area contributed by atoms with Crippen LogP contribution in [-0.2, 0) is 11.2 Å². The van der Waals surface area contributed by atoms with E-state index in [0.717, 1.165) is 6.42 Å². The van der Waals surface area contributed by atoms with Crippen molar-refractivity contribution in [3.05, 3.63) is 59.2 Å². The summed E-state index contributed by atoms with van der Waals surface area (Å²) < 4.78 is 7.00. The second kappa shape index (κ2) is 4.19. The Bertz CT molecular complexity index is 725. The van der Waals surface area contributed by atoms with Gasteiger partial charge >= 0.3 is 0 Å². The molecule has 1 nitrogen and oxygen atoms in total. The zero-order valence-electron chi connectivity index (χ0n) is 15.2. The normalized spacial score (nSPS) is 35.0. The maximum Gasteiger partial charge on any atom is 0.114 e. The smallest absolute Gasteiger partial charge is 0.114 e. The highest BCUT2D eigenvalue weighted by molar-refractivity contribution is 5.58. The first-order valence-electron chi connectivity index (χ1n) is 8.81. The average Bonchev–Trinajstić information content (AvgIpc) is 3.01. The molecule has 2 bridgehead atoms. The molecule has 0 aromatic heterocycles. The van der Waals surface area contributed by atoms with E-state index in [2.05, 4.69) is 84.0 Å². The molecule has 1 heteroatoms. The van der Waals surface area contributed by atoms with Crippen LogP contribution in [0.5, 0.6) is 0 Å². The van der Waals surface area contributed by atoms with Crippen LogP contribution in [0.1, 0.15) is 58.6 Å². The summed E-state index contributed by atoms with van der Waals surface area (Å²) in [7, 11) is 0. The fourth-order valence-corrected chi connectivity index (χ4v) is 4.89. The Morgan fingerprint density at radius 2 is 1.65 bits per heavy atom. The van der Waals surface area contributed by atoms with E-state index in [-0.39, 0.29) is 22.0 Å². The van der Waals surface area contributed by atoms with Crippen LogP contribution in [0.15, 0.2) is 48.1 Å². The lowest BCUT2D eigenvalue weighted by molar-refractivity contribution is -0.124. The van der Waals surface area contributed by atoms with Gasteiger partial charge in [-0.05, 0) is 40.0 Å². The fourth-order valence-electron chi connectivity index (χ4n) is 4.89. The Labute approximate surface area is 140 Å². The minimum absolute atomic E-state index is 0.0429. The minimum Gasteiger partial charge on any atom is -0.354 e. The van der Waals surface area contributed by atoms with Gasteiger partial charge in [0.1, 0.15) is 11.2 Å². The van der Waals surface area contributed by atoms with Gasteiger partial charge in [0.2, 0.25) is 0 Å². The maximum absolute atomic E-state index is 7.00. The Kier molecular flexibility index (Phi) is 2.77. The molecular weight excluding hydrogens is 280 g/mol. The monoisotopic (exact) mass is 308 g/mol. The molecule has 4 rings (SSSR count). The molecule has 122 valence electrons. The minimum atomic E-state index is -0.265. The molecule has 1 fully saturated rings. The molecule has 1 aromatic rings. The summed E-state index contributed by atoms with van der Waals surface area (Å²) in [6.07, 6.45) is 8.21. The van der Waals surface area contributed by atoms with Crippen LogP contribution in [0.2, 0.25) is 0 Å². The summed E-state index contributed by atoms with van der Waals surface area (Å²) in [5.41, 5.74) is 3.99. The van der Waals surface area contributed by atoms with Gasteiger partial charge in [0.15, 0.2) is 0 Å². The van der Waals surface area contributed by atoms with Gasteiger partial charge in [-0.15, -0.1) is 0 Å². The lowest BCUT2D eigenvalue weighted by Gasteiger charge is -2.43. The Hall–Kier alpha value is -1.34. The van der Waals surface area contributed by atoms with Crippen molar-refractivity contribution in [3.8, 4) is 0 Å². The number of fused-ring (bicyclic) bond motifs is 7. The first-order valence-corrected chi connectivity index (χ1v) is 8.81. The van der Waals surface area contributed by atoms with Crippen LogP contribution >= 0.6 is 0 Å². The predicted octanol–water partition coefficient (Wildman–Crippen LogP) is 5.42. The standard InChI is InChI=1S/C22H28O/c1-19(2,3)21-13-14-22(23-21,20(4,5)6)18-16-10-8-7-9-15(16)11-12-17(18)21/h7-10,12-14,18H,11H2,1-6H3/t18-,21+,22-/m1/s1. The lowest BCUT2D eigenvalue weighted by Crippen LogP contribution is -2.45. The number of benzene rings is 1. The van der Waals surface area contributed by atoms with Crippen molar-refractivity contribution < 1.29 is 4.74 Å². The van der Waals surface area contributed by atoms with Crippen molar-refractivity contribution in [3.63, 3.8) is 0 Å².